The first kappa shape index (κ1) is 15.2. The van der Waals surface area contributed by atoms with Gasteiger partial charge in [0.05, 0.1) is 6.33 Å². The van der Waals surface area contributed by atoms with E-state index in [0.717, 1.165) is 5.56 Å². The molecule has 2 heterocycles. The molecule has 7 heteroatoms. The standard InChI is InChI=1S/C15H20N4O2S/c1-2-18-10-15(17-11-18)22(20,21)19-8-13(14(16)9-19)12-6-4-3-5-7-12/h3-7,10-11,13-14H,2,8-9,16H2,1H3/t13-,14+/m0/s1. The molecule has 0 unspecified atom stereocenters. The highest BCUT2D eigenvalue weighted by Crippen LogP contribution is 2.29. The molecular weight excluding hydrogens is 300 g/mol. The van der Waals surface area contributed by atoms with Gasteiger partial charge in [-0.3, -0.25) is 0 Å². The van der Waals surface area contributed by atoms with Crippen molar-refractivity contribution in [2.24, 2.45) is 5.73 Å². The first-order chi connectivity index (χ1) is 10.5. The Hall–Kier alpha value is -1.70. The van der Waals surface area contributed by atoms with Gasteiger partial charge in [0.15, 0.2) is 5.03 Å². The minimum absolute atomic E-state index is 0.0178. The van der Waals surface area contributed by atoms with Gasteiger partial charge in [0.25, 0.3) is 10.0 Å². The summed E-state index contributed by atoms with van der Waals surface area (Å²) in [5, 5.41) is 0.0928. The molecule has 3 rings (SSSR count). The van der Waals surface area contributed by atoms with Crippen LogP contribution >= 0.6 is 0 Å². The Morgan fingerprint density at radius 3 is 2.64 bits per heavy atom. The van der Waals surface area contributed by atoms with Crippen LogP contribution in [0, 0.1) is 0 Å². The lowest BCUT2D eigenvalue weighted by Crippen LogP contribution is -2.32. The average molecular weight is 320 g/mol. The summed E-state index contributed by atoms with van der Waals surface area (Å²) in [5.74, 6) is 0.0178. The summed E-state index contributed by atoms with van der Waals surface area (Å²) >= 11 is 0. The van der Waals surface area contributed by atoms with Gasteiger partial charge < -0.3 is 10.3 Å². The van der Waals surface area contributed by atoms with E-state index >= 15 is 0 Å². The van der Waals surface area contributed by atoms with Crippen LogP contribution in [0.1, 0.15) is 18.4 Å². The second kappa shape index (κ2) is 5.83. The van der Waals surface area contributed by atoms with Crippen LogP contribution in [0.5, 0.6) is 0 Å². The van der Waals surface area contributed by atoms with E-state index < -0.39 is 10.0 Å². The van der Waals surface area contributed by atoms with Gasteiger partial charge in [-0.1, -0.05) is 30.3 Å². The van der Waals surface area contributed by atoms with E-state index in [-0.39, 0.29) is 17.0 Å². The first-order valence-corrected chi connectivity index (χ1v) is 8.79. The third-order valence-electron chi connectivity index (χ3n) is 4.14. The molecular formula is C15H20N4O2S. The zero-order valence-electron chi connectivity index (χ0n) is 12.5. The molecule has 1 aromatic carbocycles. The van der Waals surface area contributed by atoms with Gasteiger partial charge in [-0.2, -0.15) is 4.31 Å². The Labute approximate surface area is 130 Å². The van der Waals surface area contributed by atoms with Crippen LogP contribution in [0.4, 0.5) is 0 Å². The van der Waals surface area contributed by atoms with Crippen LogP contribution in [0.15, 0.2) is 47.9 Å². The summed E-state index contributed by atoms with van der Waals surface area (Å²) in [6.45, 7) is 3.34. The predicted octanol–water partition coefficient (Wildman–Crippen LogP) is 1.02. The third kappa shape index (κ3) is 2.67. The number of benzene rings is 1. The number of aryl methyl sites for hydroxylation is 1. The molecule has 0 spiro atoms. The molecule has 6 nitrogen and oxygen atoms in total. The number of rotatable bonds is 4. The van der Waals surface area contributed by atoms with E-state index in [1.165, 1.54) is 10.6 Å². The lowest BCUT2D eigenvalue weighted by atomic mass is 9.95. The van der Waals surface area contributed by atoms with E-state index in [0.29, 0.717) is 19.6 Å². The molecule has 0 bridgehead atoms. The van der Waals surface area contributed by atoms with Crippen molar-refractivity contribution in [2.75, 3.05) is 13.1 Å². The van der Waals surface area contributed by atoms with E-state index in [2.05, 4.69) is 4.98 Å². The molecule has 1 saturated heterocycles. The fourth-order valence-electron chi connectivity index (χ4n) is 2.82. The topological polar surface area (TPSA) is 81.2 Å². The van der Waals surface area contributed by atoms with Gasteiger partial charge in [-0.05, 0) is 12.5 Å². The molecule has 1 aliphatic heterocycles. The van der Waals surface area contributed by atoms with Gasteiger partial charge in [-0.25, -0.2) is 13.4 Å². The highest BCUT2D eigenvalue weighted by Gasteiger charge is 2.39. The predicted molar refractivity (Wildman–Crippen MR) is 83.8 cm³/mol. The maximum atomic E-state index is 12.7. The summed E-state index contributed by atoms with van der Waals surface area (Å²) in [6.07, 6.45) is 3.11. The fraction of sp³-hybridized carbons (Fsp3) is 0.400. The van der Waals surface area contributed by atoms with Crippen molar-refractivity contribution in [2.45, 2.75) is 30.5 Å². The Bertz CT molecular complexity index is 742. The van der Waals surface area contributed by atoms with Crippen LogP contribution in [0.3, 0.4) is 0 Å². The molecule has 2 N–H and O–H groups in total. The second-order valence-electron chi connectivity index (χ2n) is 5.55. The molecule has 1 aliphatic rings. The summed E-state index contributed by atoms with van der Waals surface area (Å²) in [6, 6.07) is 9.62. The SMILES string of the molecule is CCn1cnc(S(=O)(=O)N2C[C@@H](N)[C@H](c3ccccc3)C2)c1. The molecule has 0 aliphatic carbocycles. The maximum Gasteiger partial charge on any atom is 0.262 e. The van der Waals surface area contributed by atoms with E-state index in [9.17, 15) is 8.42 Å². The van der Waals surface area contributed by atoms with Gasteiger partial charge in [0, 0.05) is 37.8 Å². The summed E-state index contributed by atoms with van der Waals surface area (Å²) in [7, 11) is -3.58. The molecule has 2 atom stereocenters. The van der Waals surface area contributed by atoms with Crippen molar-refractivity contribution in [1.82, 2.24) is 13.9 Å². The van der Waals surface area contributed by atoms with E-state index in [4.69, 9.17) is 5.73 Å². The van der Waals surface area contributed by atoms with Gasteiger partial charge in [0.1, 0.15) is 0 Å². The minimum Gasteiger partial charge on any atom is -0.336 e. The monoisotopic (exact) mass is 320 g/mol. The lowest BCUT2D eigenvalue weighted by Gasteiger charge is -2.15. The van der Waals surface area contributed by atoms with Gasteiger partial charge >= 0.3 is 0 Å². The Morgan fingerprint density at radius 2 is 2.00 bits per heavy atom. The normalized spacial score (nSPS) is 23.0. The Morgan fingerprint density at radius 1 is 1.27 bits per heavy atom. The smallest absolute Gasteiger partial charge is 0.262 e. The van der Waals surface area contributed by atoms with Gasteiger partial charge in [0.2, 0.25) is 0 Å². The van der Waals surface area contributed by atoms with E-state index in [1.54, 1.807) is 10.8 Å². The zero-order chi connectivity index (χ0) is 15.7. The number of hydrogen-bond acceptors (Lipinski definition) is 4. The average Bonchev–Trinajstić information content (AvgIpc) is 3.15. The molecule has 0 saturated carbocycles. The molecule has 0 amide bonds. The quantitative estimate of drug-likeness (QED) is 0.912. The molecule has 118 valence electrons. The number of sulfonamides is 1. The van der Waals surface area contributed by atoms with Crippen molar-refractivity contribution in [3.05, 3.63) is 48.4 Å². The summed E-state index contributed by atoms with van der Waals surface area (Å²) in [5.41, 5.74) is 7.25. The van der Waals surface area contributed by atoms with Gasteiger partial charge in [-0.15, -0.1) is 0 Å². The first-order valence-electron chi connectivity index (χ1n) is 7.35. The second-order valence-corrected chi connectivity index (χ2v) is 7.43. The number of aromatic nitrogens is 2. The fourth-order valence-corrected chi connectivity index (χ4v) is 4.26. The van der Waals surface area contributed by atoms with Crippen molar-refractivity contribution in [3.63, 3.8) is 0 Å². The summed E-state index contributed by atoms with van der Waals surface area (Å²) in [4.78, 5) is 4.02. The van der Waals surface area contributed by atoms with Crippen LogP contribution in [-0.2, 0) is 16.6 Å². The minimum atomic E-state index is -3.58. The number of hydrogen-bond donors (Lipinski definition) is 1. The zero-order valence-corrected chi connectivity index (χ0v) is 13.3. The Kier molecular flexibility index (Phi) is 4.03. The highest BCUT2D eigenvalue weighted by molar-refractivity contribution is 7.89. The highest BCUT2D eigenvalue weighted by atomic mass is 32.2. The maximum absolute atomic E-state index is 12.7. The number of nitrogens with zero attached hydrogens (tertiary/aromatic N) is 3. The van der Waals surface area contributed by atoms with Crippen LogP contribution in [-0.4, -0.2) is 41.4 Å². The summed E-state index contributed by atoms with van der Waals surface area (Å²) < 4.78 is 28.6. The molecule has 1 fully saturated rings. The number of nitrogens with two attached hydrogens (primary N) is 1. The van der Waals surface area contributed by atoms with Crippen molar-refractivity contribution in [3.8, 4) is 0 Å². The number of imidazole rings is 1. The van der Waals surface area contributed by atoms with Crippen LogP contribution in [0.2, 0.25) is 0 Å². The van der Waals surface area contributed by atoms with Crippen molar-refractivity contribution >= 4 is 10.0 Å². The van der Waals surface area contributed by atoms with E-state index in [1.807, 2.05) is 37.3 Å². The molecule has 0 radical (unpaired) electrons. The molecule has 1 aromatic heterocycles. The van der Waals surface area contributed by atoms with Crippen molar-refractivity contribution in [1.29, 1.82) is 0 Å². The molecule has 2 aromatic rings. The third-order valence-corrected chi connectivity index (χ3v) is 5.86. The largest absolute Gasteiger partial charge is 0.336 e. The molecule has 22 heavy (non-hydrogen) atoms. The van der Waals surface area contributed by atoms with Crippen LogP contribution < -0.4 is 5.73 Å². The Balaban J connectivity index is 1.84. The lowest BCUT2D eigenvalue weighted by molar-refractivity contribution is 0.467. The van der Waals surface area contributed by atoms with Crippen LogP contribution in [0.25, 0.3) is 0 Å². The van der Waals surface area contributed by atoms with Crippen molar-refractivity contribution < 1.29 is 8.42 Å².